The number of hydrogen-bond acceptors (Lipinski definition) is 3. The van der Waals surface area contributed by atoms with Gasteiger partial charge in [-0.2, -0.15) is 0 Å². The Morgan fingerprint density at radius 1 is 1.33 bits per heavy atom. The van der Waals surface area contributed by atoms with Crippen LogP contribution >= 0.6 is 0 Å². The summed E-state index contributed by atoms with van der Waals surface area (Å²) in [7, 11) is -3.76. The molecule has 0 bridgehead atoms. The lowest BCUT2D eigenvalue weighted by Crippen LogP contribution is -2.43. The number of sulfonamides is 1. The van der Waals surface area contributed by atoms with Crippen molar-refractivity contribution in [1.82, 2.24) is 10.0 Å². The second-order valence-electron chi connectivity index (χ2n) is 5.84. The molecule has 2 N–H and O–H groups in total. The first-order valence-corrected chi connectivity index (χ1v) is 8.92. The summed E-state index contributed by atoms with van der Waals surface area (Å²) in [6, 6.07) is 4.24. The van der Waals surface area contributed by atoms with Crippen molar-refractivity contribution < 1.29 is 12.8 Å². The van der Waals surface area contributed by atoms with Crippen LogP contribution in [0, 0.1) is 11.7 Å². The molecule has 1 fully saturated rings. The van der Waals surface area contributed by atoms with E-state index in [4.69, 9.17) is 0 Å². The van der Waals surface area contributed by atoms with Crippen LogP contribution in [-0.2, 0) is 16.6 Å². The molecule has 1 aliphatic carbocycles. The number of halogens is 1. The van der Waals surface area contributed by atoms with E-state index in [1.54, 1.807) is 6.07 Å². The largest absolute Gasteiger partial charge is 0.313 e. The Labute approximate surface area is 126 Å². The van der Waals surface area contributed by atoms with Crippen LogP contribution in [-0.4, -0.2) is 21.0 Å². The predicted octanol–water partition coefficient (Wildman–Crippen LogP) is 2.40. The van der Waals surface area contributed by atoms with E-state index >= 15 is 0 Å². The zero-order valence-corrected chi connectivity index (χ0v) is 13.3. The molecule has 0 radical (unpaired) electrons. The summed E-state index contributed by atoms with van der Waals surface area (Å²) < 4.78 is 41.0. The lowest BCUT2D eigenvalue weighted by Gasteiger charge is -2.32. The summed E-state index contributed by atoms with van der Waals surface area (Å²) >= 11 is 0. The number of rotatable bonds is 7. The maximum atomic E-state index is 14.1. The van der Waals surface area contributed by atoms with Crippen molar-refractivity contribution in [3.05, 3.63) is 29.6 Å². The lowest BCUT2D eigenvalue weighted by atomic mass is 9.83. The topological polar surface area (TPSA) is 58.2 Å². The monoisotopic (exact) mass is 314 g/mol. The van der Waals surface area contributed by atoms with Gasteiger partial charge in [0.25, 0.3) is 0 Å². The van der Waals surface area contributed by atoms with Gasteiger partial charge in [-0.05, 0) is 49.4 Å². The summed E-state index contributed by atoms with van der Waals surface area (Å²) in [6.45, 7) is 5.52. The van der Waals surface area contributed by atoms with Crippen LogP contribution in [0.25, 0.3) is 0 Å². The maximum Gasteiger partial charge on any atom is 0.243 e. The Balaban J connectivity index is 2.05. The molecule has 0 aromatic heterocycles. The van der Waals surface area contributed by atoms with Gasteiger partial charge in [0.15, 0.2) is 0 Å². The molecule has 6 heteroatoms. The van der Waals surface area contributed by atoms with Gasteiger partial charge in [-0.1, -0.05) is 19.9 Å². The molecule has 21 heavy (non-hydrogen) atoms. The van der Waals surface area contributed by atoms with E-state index in [2.05, 4.69) is 23.9 Å². The van der Waals surface area contributed by atoms with Crippen LogP contribution < -0.4 is 10.0 Å². The van der Waals surface area contributed by atoms with Crippen LogP contribution in [0.4, 0.5) is 4.39 Å². The van der Waals surface area contributed by atoms with E-state index in [1.807, 2.05) is 0 Å². The Bertz CT molecular complexity index is 583. The molecule has 0 saturated heterocycles. The fraction of sp³-hybridized carbons (Fsp3) is 0.600. The van der Waals surface area contributed by atoms with Crippen LogP contribution in [0.15, 0.2) is 23.1 Å². The summed E-state index contributed by atoms with van der Waals surface area (Å²) in [6.07, 6.45) is 2.64. The van der Waals surface area contributed by atoms with Gasteiger partial charge in [0.1, 0.15) is 10.7 Å². The van der Waals surface area contributed by atoms with Crippen molar-refractivity contribution in [2.24, 2.45) is 5.92 Å². The SMILES string of the molecule is CCCNCc1ccc(S(=O)(=O)NC2CC(C)C2)c(F)c1. The normalized spacial score (nSPS) is 22.0. The summed E-state index contributed by atoms with van der Waals surface area (Å²) in [5.74, 6) is -0.153. The smallest absolute Gasteiger partial charge is 0.243 e. The van der Waals surface area contributed by atoms with Gasteiger partial charge >= 0.3 is 0 Å². The van der Waals surface area contributed by atoms with Crippen molar-refractivity contribution in [3.8, 4) is 0 Å². The molecular formula is C15H23FN2O2S. The fourth-order valence-corrected chi connectivity index (χ4v) is 3.88. The van der Waals surface area contributed by atoms with Gasteiger partial charge in [0, 0.05) is 12.6 Å². The molecule has 0 atom stereocenters. The highest BCUT2D eigenvalue weighted by Gasteiger charge is 2.30. The third kappa shape index (κ3) is 4.25. The molecule has 0 unspecified atom stereocenters. The summed E-state index contributed by atoms with van der Waals surface area (Å²) in [5, 5.41) is 3.16. The summed E-state index contributed by atoms with van der Waals surface area (Å²) in [4.78, 5) is -0.263. The molecule has 0 aliphatic heterocycles. The molecule has 1 aromatic carbocycles. The molecule has 2 rings (SSSR count). The van der Waals surface area contributed by atoms with Gasteiger partial charge in [0.2, 0.25) is 10.0 Å². The summed E-state index contributed by atoms with van der Waals surface area (Å²) in [5.41, 5.74) is 0.747. The van der Waals surface area contributed by atoms with E-state index in [0.29, 0.717) is 12.5 Å². The van der Waals surface area contributed by atoms with Crippen molar-refractivity contribution >= 4 is 10.0 Å². The molecule has 1 aliphatic rings. The highest BCUT2D eigenvalue weighted by molar-refractivity contribution is 7.89. The fourth-order valence-electron chi connectivity index (χ4n) is 2.56. The molecule has 0 spiro atoms. The van der Waals surface area contributed by atoms with Crippen molar-refractivity contribution in [1.29, 1.82) is 0 Å². The first-order valence-electron chi connectivity index (χ1n) is 7.44. The molecule has 118 valence electrons. The second kappa shape index (κ2) is 6.85. The van der Waals surface area contributed by atoms with Crippen LogP contribution in [0.1, 0.15) is 38.7 Å². The third-order valence-electron chi connectivity index (χ3n) is 3.74. The van der Waals surface area contributed by atoms with Gasteiger partial charge in [-0.3, -0.25) is 0 Å². The van der Waals surface area contributed by atoms with Crippen LogP contribution in [0.2, 0.25) is 0 Å². The predicted molar refractivity (Wildman–Crippen MR) is 80.9 cm³/mol. The molecule has 0 amide bonds. The van der Waals surface area contributed by atoms with E-state index < -0.39 is 15.8 Å². The minimum atomic E-state index is -3.76. The Morgan fingerprint density at radius 2 is 2.05 bits per heavy atom. The van der Waals surface area contributed by atoms with Crippen molar-refractivity contribution in [2.45, 2.75) is 50.6 Å². The van der Waals surface area contributed by atoms with Crippen molar-refractivity contribution in [2.75, 3.05) is 6.54 Å². The van der Waals surface area contributed by atoms with Crippen LogP contribution in [0.3, 0.4) is 0 Å². The van der Waals surface area contributed by atoms with Gasteiger partial charge < -0.3 is 5.32 Å². The van der Waals surface area contributed by atoms with E-state index in [0.717, 1.165) is 31.4 Å². The van der Waals surface area contributed by atoms with Gasteiger partial charge in [-0.15, -0.1) is 0 Å². The Hall–Kier alpha value is -0.980. The molecule has 1 aromatic rings. The first kappa shape index (κ1) is 16.4. The molecule has 1 saturated carbocycles. The standard InChI is InChI=1S/C15H23FN2O2S/c1-3-6-17-10-12-4-5-15(14(16)9-12)21(19,20)18-13-7-11(2)8-13/h4-5,9,11,13,17-18H,3,6-8,10H2,1-2H3. The Morgan fingerprint density at radius 3 is 2.62 bits per heavy atom. The minimum absolute atomic E-state index is 0.0599. The Kier molecular flexibility index (Phi) is 5.35. The number of benzene rings is 1. The number of nitrogens with one attached hydrogen (secondary N) is 2. The molecule has 4 nitrogen and oxygen atoms in total. The maximum absolute atomic E-state index is 14.1. The first-order chi connectivity index (χ1) is 9.92. The zero-order valence-electron chi connectivity index (χ0n) is 12.5. The zero-order chi connectivity index (χ0) is 15.5. The highest BCUT2D eigenvalue weighted by Crippen LogP contribution is 2.28. The molecular weight excluding hydrogens is 291 g/mol. The highest BCUT2D eigenvalue weighted by atomic mass is 32.2. The van der Waals surface area contributed by atoms with Crippen molar-refractivity contribution in [3.63, 3.8) is 0 Å². The van der Waals surface area contributed by atoms with E-state index in [9.17, 15) is 12.8 Å². The third-order valence-corrected chi connectivity index (χ3v) is 5.29. The second-order valence-corrected chi connectivity index (χ2v) is 7.52. The van der Waals surface area contributed by atoms with Gasteiger partial charge in [-0.25, -0.2) is 17.5 Å². The molecule has 0 heterocycles. The quantitative estimate of drug-likeness (QED) is 0.760. The number of hydrogen-bond donors (Lipinski definition) is 2. The van der Waals surface area contributed by atoms with E-state index in [1.165, 1.54) is 12.1 Å². The van der Waals surface area contributed by atoms with Crippen LogP contribution in [0.5, 0.6) is 0 Å². The van der Waals surface area contributed by atoms with Gasteiger partial charge in [0.05, 0.1) is 0 Å². The average molecular weight is 314 g/mol. The van der Waals surface area contributed by atoms with E-state index in [-0.39, 0.29) is 10.9 Å². The lowest BCUT2D eigenvalue weighted by molar-refractivity contribution is 0.270. The average Bonchev–Trinajstić information content (AvgIpc) is 2.37. The minimum Gasteiger partial charge on any atom is -0.313 e.